The number of benzene rings is 1. The molecule has 88 valence electrons. The van der Waals surface area contributed by atoms with Crippen LogP contribution in [0.15, 0.2) is 42.6 Å². The van der Waals surface area contributed by atoms with E-state index in [0.717, 1.165) is 0 Å². The predicted octanol–water partition coefficient (Wildman–Crippen LogP) is 2.83. The van der Waals surface area contributed by atoms with Gasteiger partial charge in [-0.2, -0.15) is 0 Å². The average molecular weight is 250 g/mol. The number of pyridine rings is 1. The number of hydrogen-bond acceptors (Lipinski definition) is 3. The highest BCUT2D eigenvalue weighted by molar-refractivity contribution is 6.30. The maximum atomic E-state index is 10.2. The summed E-state index contributed by atoms with van der Waals surface area (Å²) in [5.74, 6) is 0.556. The largest absolute Gasteiger partial charge is 0.495 e. The minimum atomic E-state index is -0.843. The Morgan fingerprint density at radius 2 is 2.12 bits per heavy atom. The highest BCUT2D eigenvalue weighted by Gasteiger charge is 2.16. The molecule has 2 aromatic rings. The quantitative estimate of drug-likeness (QED) is 0.910. The zero-order valence-electron chi connectivity index (χ0n) is 9.30. The van der Waals surface area contributed by atoms with Crippen LogP contribution in [0.4, 0.5) is 0 Å². The second-order valence-electron chi connectivity index (χ2n) is 3.55. The highest BCUT2D eigenvalue weighted by Crippen LogP contribution is 2.28. The first-order valence-corrected chi connectivity index (χ1v) is 5.52. The van der Waals surface area contributed by atoms with Crippen LogP contribution in [-0.2, 0) is 0 Å². The Labute approximate surface area is 105 Å². The molecule has 1 unspecified atom stereocenters. The second-order valence-corrected chi connectivity index (χ2v) is 3.98. The maximum Gasteiger partial charge on any atom is 0.143 e. The Morgan fingerprint density at radius 3 is 2.82 bits per heavy atom. The average Bonchev–Trinajstić information content (AvgIpc) is 2.38. The standard InChI is InChI=1S/C13H12ClNO2/c1-17-11-6-3-7-15-12(11)13(16)9-4-2-5-10(14)8-9/h2-8,13,16H,1H3. The number of hydrogen-bond donors (Lipinski definition) is 1. The summed E-state index contributed by atoms with van der Waals surface area (Å²) in [5, 5.41) is 10.8. The molecule has 0 saturated carbocycles. The molecule has 0 spiro atoms. The Morgan fingerprint density at radius 1 is 1.29 bits per heavy atom. The minimum Gasteiger partial charge on any atom is -0.495 e. The van der Waals surface area contributed by atoms with Crippen molar-refractivity contribution in [1.29, 1.82) is 0 Å². The van der Waals surface area contributed by atoms with E-state index in [9.17, 15) is 5.11 Å². The molecule has 0 radical (unpaired) electrons. The third kappa shape index (κ3) is 2.57. The first-order valence-electron chi connectivity index (χ1n) is 5.15. The highest BCUT2D eigenvalue weighted by atomic mass is 35.5. The molecule has 0 fully saturated rings. The monoisotopic (exact) mass is 249 g/mol. The van der Waals surface area contributed by atoms with Gasteiger partial charge in [-0.05, 0) is 29.8 Å². The van der Waals surface area contributed by atoms with Crippen LogP contribution >= 0.6 is 11.6 Å². The summed E-state index contributed by atoms with van der Waals surface area (Å²) in [5.41, 5.74) is 1.17. The lowest BCUT2D eigenvalue weighted by atomic mass is 10.1. The van der Waals surface area contributed by atoms with E-state index in [-0.39, 0.29) is 0 Å². The molecule has 2 rings (SSSR count). The van der Waals surface area contributed by atoms with Gasteiger partial charge in [0.15, 0.2) is 0 Å². The molecule has 4 heteroatoms. The molecule has 0 aliphatic carbocycles. The molecular weight excluding hydrogens is 238 g/mol. The lowest BCUT2D eigenvalue weighted by molar-refractivity contribution is 0.209. The summed E-state index contributed by atoms with van der Waals surface area (Å²) in [6.45, 7) is 0. The van der Waals surface area contributed by atoms with Gasteiger partial charge in [0, 0.05) is 11.2 Å². The molecule has 0 aliphatic rings. The number of aromatic nitrogens is 1. The molecule has 1 aromatic heterocycles. The fraction of sp³-hybridized carbons (Fsp3) is 0.154. The van der Waals surface area contributed by atoms with Gasteiger partial charge in [0.2, 0.25) is 0 Å². The maximum absolute atomic E-state index is 10.2. The molecular formula is C13H12ClNO2. The van der Waals surface area contributed by atoms with Crippen LogP contribution in [0.25, 0.3) is 0 Å². The Bertz CT molecular complexity index is 516. The van der Waals surface area contributed by atoms with E-state index < -0.39 is 6.10 Å². The van der Waals surface area contributed by atoms with Crippen LogP contribution in [0.2, 0.25) is 5.02 Å². The number of aliphatic hydroxyl groups excluding tert-OH is 1. The molecule has 0 amide bonds. The molecule has 17 heavy (non-hydrogen) atoms. The molecule has 0 aliphatic heterocycles. The summed E-state index contributed by atoms with van der Waals surface area (Å²) in [7, 11) is 1.55. The van der Waals surface area contributed by atoms with E-state index in [1.54, 1.807) is 49.7 Å². The fourth-order valence-electron chi connectivity index (χ4n) is 1.62. The first-order chi connectivity index (χ1) is 8.22. The molecule has 3 nitrogen and oxygen atoms in total. The van der Waals surface area contributed by atoms with E-state index in [1.165, 1.54) is 0 Å². The van der Waals surface area contributed by atoms with Crippen LogP contribution in [0.1, 0.15) is 17.4 Å². The number of nitrogens with zero attached hydrogens (tertiary/aromatic N) is 1. The zero-order valence-corrected chi connectivity index (χ0v) is 10.1. The van der Waals surface area contributed by atoms with E-state index in [4.69, 9.17) is 16.3 Å². The van der Waals surface area contributed by atoms with Crippen molar-refractivity contribution in [3.05, 3.63) is 58.9 Å². The van der Waals surface area contributed by atoms with E-state index in [2.05, 4.69) is 4.98 Å². The van der Waals surface area contributed by atoms with Crippen molar-refractivity contribution in [2.75, 3.05) is 7.11 Å². The van der Waals surface area contributed by atoms with Crippen LogP contribution in [0.3, 0.4) is 0 Å². The van der Waals surface area contributed by atoms with Crippen molar-refractivity contribution < 1.29 is 9.84 Å². The predicted molar refractivity (Wildman–Crippen MR) is 66.3 cm³/mol. The van der Waals surface area contributed by atoms with Gasteiger partial charge in [0.25, 0.3) is 0 Å². The van der Waals surface area contributed by atoms with Gasteiger partial charge in [-0.25, -0.2) is 0 Å². The summed E-state index contributed by atoms with van der Waals surface area (Å²) < 4.78 is 5.16. The van der Waals surface area contributed by atoms with Crippen molar-refractivity contribution in [1.82, 2.24) is 4.98 Å². The number of ether oxygens (including phenoxy) is 1. The molecule has 1 aromatic carbocycles. The van der Waals surface area contributed by atoms with E-state index in [0.29, 0.717) is 22.0 Å². The molecule has 1 heterocycles. The summed E-state index contributed by atoms with van der Waals surface area (Å²) in [6, 6.07) is 10.6. The van der Waals surface area contributed by atoms with Gasteiger partial charge in [-0.15, -0.1) is 0 Å². The molecule has 1 N–H and O–H groups in total. The van der Waals surface area contributed by atoms with Crippen LogP contribution in [0.5, 0.6) is 5.75 Å². The fourth-order valence-corrected chi connectivity index (χ4v) is 1.81. The normalized spacial score (nSPS) is 12.2. The number of halogens is 1. The summed E-state index contributed by atoms with van der Waals surface area (Å²) in [4.78, 5) is 4.14. The SMILES string of the molecule is COc1cccnc1C(O)c1cccc(Cl)c1. The smallest absolute Gasteiger partial charge is 0.143 e. The number of rotatable bonds is 3. The van der Waals surface area contributed by atoms with Gasteiger partial charge in [-0.1, -0.05) is 23.7 Å². The van der Waals surface area contributed by atoms with Gasteiger partial charge in [0.05, 0.1) is 7.11 Å². The topological polar surface area (TPSA) is 42.4 Å². The number of aliphatic hydroxyl groups is 1. The van der Waals surface area contributed by atoms with Crippen molar-refractivity contribution in [2.24, 2.45) is 0 Å². The van der Waals surface area contributed by atoms with Crippen molar-refractivity contribution in [3.8, 4) is 5.75 Å². The minimum absolute atomic E-state index is 0.484. The van der Waals surface area contributed by atoms with Crippen LogP contribution < -0.4 is 4.74 Å². The van der Waals surface area contributed by atoms with Crippen molar-refractivity contribution in [3.63, 3.8) is 0 Å². The van der Waals surface area contributed by atoms with E-state index >= 15 is 0 Å². The Balaban J connectivity index is 2.40. The summed E-state index contributed by atoms with van der Waals surface area (Å²) >= 11 is 5.89. The molecule has 0 saturated heterocycles. The Kier molecular flexibility index (Phi) is 3.61. The molecule has 1 atom stereocenters. The zero-order chi connectivity index (χ0) is 12.3. The van der Waals surface area contributed by atoms with Gasteiger partial charge >= 0.3 is 0 Å². The van der Waals surface area contributed by atoms with Crippen molar-refractivity contribution >= 4 is 11.6 Å². The lowest BCUT2D eigenvalue weighted by Gasteiger charge is -2.13. The van der Waals surface area contributed by atoms with E-state index in [1.807, 2.05) is 0 Å². The Hall–Kier alpha value is -1.58. The van der Waals surface area contributed by atoms with Crippen LogP contribution in [0, 0.1) is 0 Å². The first kappa shape index (κ1) is 11.9. The van der Waals surface area contributed by atoms with Crippen LogP contribution in [-0.4, -0.2) is 17.2 Å². The van der Waals surface area contributed by atoms with Crippen molar-refractivity contribution in [2.45, 2.75) is 6.10 Å². The lowest BCUT2D eigenvalue weighted by Crippen LogP contribution is -2.04. The summed E-state index contributed by atoms with van der Waals surface area (Å²) in [6.07, 6.45) is 0.774. The second kappa shape index (κ2) is 5.17. The van der Waals surface area contributed by atoms with Gasteiger partial charge in [-0.3, -0.25) is 4.98 Å². The number of methoxy groups -OCH3 is 1. The van der Waals surface area contributed by atoms with Gasteiger partial charge in [0.1, 0.15) is 17.5 Å². The molecule has 0 bridgehead atoms. The van der Waals surface area contributed by atoms with Gasteiger partial charge < -0.3 is 9.84 Å². The third-order valence-electron chi connectivity index (χ3n) is 2.44. The third-order valence-corrected chi connectivity index (χ3v) is 2.68.